The molecule has 8 aromatic carbocycles. The van der Waals surface area contributed by atoms with Crippen LogP contribution in [0.5, 0.6) is 0 Å². The molecule has 5 nitrogen and oxygen atoms in total. The molecule has 264 valence electrons. The summed E-state index contributed by atoms with van der Waals surface area (Å²) in [5.74, 6) is 0.881. The molecule has 0 spiro atoms. The van der Waals surface area contributed by atoms with Crippen molar-refractivity contribution in [3.8, 4) is 33.6 Å². The van der Waals surface area contributed by atoms with E-state index in [1.165, 1.54) is 77.1 Å². The zero-order valence-electron chi connectivity index (χ0n) is 30.4. The van der Waals surface area contributed by atoms with Crippen molar-refractivity contribution in [1.29, 1.82) is 0 Å². The average molecular weight is 718 g/mol. The van der Waals surface area contributed by atoms with Crippen molar-refractivity contribution in [3.63, 3.8) is 0 Å². The first-order chi connectivity index (χ1) is 27.8. The van der Waals surface area contributed by atoms with E-state index in [1.54, 1.807) is 0 Å². The fourth-order valence-corrected chi connectivity index (χ4v) is 9.22. The van der Waals surface area contributed by atoms with Crippen LogP contribution >= 0.6 is 0 Å². The van der Waals surface area contributed by atoms with Gasteiger partial charge in [0.2, 0.25) is 0 Å². The summed E-state index contributed by atoms with van der Waals surface area (Å²) in [6, 6.07) is 68.0. The molecule has 2 aliphatic rings. The number of aromatic nitrogens is 2. The monoisotopic (exact) mass is 717 g/mol. The zero-order valence-corrected chi connectivity index (χ0v) is 30.4. The van der Waals surface area contributed by atoms with E-state index in [0.717, 1.165) is 22.6 Å². The minimum Gasteiger partial charge on any atom is -0.350 e. The molecule has 0 amide bonds. The zero-order chi connectivity index (χ0) is 36.7. The molecule has 0 fully saturated rings. The standard InChI is InChI=1S/C51H35N5/c1-3-14-32(15-4-1)49-52-50(33-16-5-2-6-17-33)54-51(53-49)34-26-28-35(29-27-34)55-44-23-10-9-20-38(44)43-30-41-40-22-13-21-39-36-18-7-11-24-45(36)56(48(39)40)46-25-12-8-19-37(46)42(41)31-47(43)55/h1-31,49,51,53H,(H,52,54). The molecule has 2 atom stereocenters. The summed E-state index contributed by atoms with van der Waals surface area (Å²) in [5.41, 5.74) is 15.5. The number of nitrogens with zero attached hydrogens (tertiary/aromatic N) is 3. The van der Waals surface area contributed by atoms with Gasteiger partial charge in [0.1, 0.15) is 18.2 Å². The van der Waals surface area contributed by atoms with Crippen LogP contribution in [-0.4, -0.2) is 15.0 Å². The van der Waals surface area contributed by atoms with Crippen molar-refractivity contribution in [2.24, 2.45) is 4.99 Å². The number of para-hydroxylation sites is 4. The predicted molar refractivity (Wildman–Crippen MR) is 231 cm³/mol. The third-order valence-electron chi connectivity index (χ3n) is 11.7. The largest absolute Gasteiger partial charge is 0.350 e. The topological polar surface area (TPSA) is 46.3 Å². The maximum atomic E-state index is 5.20. The Labute approximate surface area is 323 Å². The molecule has 0 saturated heterocycles. The lowest BCUT2D eigenvalue weighted by atomic mass is 9.92. The van der Waals surface area contributed by atoms with Gasteiger partial charge >= 0.3 is 0 Å². The van der Waals surface area contributed by atoms with Crippen LogP contribution in [0.3, 0.4) is 0 Å². The van der Waals surface area contributed by atoms with Gasteiger partial charge in [0.05, 0.1) is 27.8 Å². The van der Waals surface area contributed by atoms with E-state index in [-0.39, 0.29) is 12.3 Å². The van der Waals surface area contributed by atoms with Gasteiger partial charge in [-0.1, -0.05) is 146 Å². The summed E-state index contributed by atoms with van der Waals surface area (Å²) >= 11 is 0. The molecule has 0 aliphatic carbocycles. The van der Waals surface area contributed by atoms with E-state index in [1.807, 2.05) is 6.07 Å². The summed E-state index contributed by atoms with van der Waals surface area (Å²) in [7, 11) is 0. The van der Waals surface area contributed by atoms with Crippen molar-refractivity contribution in [1.82, 2.24) is 19.8 Å². The van der Waals surface area contributed by atoms with Crippen LogP contribution in [0.25, 0.3) is 77.2 Å². The highest BCUT2D eigenvalue weighted by Gasteiger charge is 2.28. The Balaban J connectivity index is 1.03. The van der Waals surface area contributed by atoms with Crippen molar-refractivity contribution in [2.75, 3.05) is 0 Å². The second-order valence-corrected chi connectivity index (χ2v) is 14.8. The first-order valence-electron chi connectivity index (χ1n) is 19.3. The molecule has 10 aromatic rings. The van der Waals surface area contributed by atoms with Gasteiger partial charge in [-0.2, -0.15) is 0 Å². The fourth-order valence-electron chi connectivity index (χ4n) is 9.22. The van der Waals surface area contributed by atoms with Crippen LogP contribution in [0.2, 0.25) is 0 Å². The number of nitrogens with one attached hydrogen (secondary N) is 2. The molecule has 2 aromatic heterocycles. The Morgan fingerprint density at radius 3 is 1.86 bits per heavy atom. The number of amidine groups is 1. The Bertz CT molecular complexity index is 3190. The van der Waals surface area contributed by atoms with Crippen molar-refractivity contribution < 1.29 is 0 Å². The average Bonchev–Trinajstić information content (AvgIpc) is 3.75. The fraction of sp³-hybridized carbons (Fsp3) is 0.0392. The molecule has 0 bridgehead atoms. The van der Waals surface area contributed by atoms with Crippen LogP contribution in [0.15, 0.2) is 193 Å². The third kappa shape index (κ3) is 4.62. The molecular weight excluding hydrogens is 683 g/mol. The molecule has 5 heteroatoms. The molecular formula is C51H35N5. The molecule has 4 heterocycles. The highest BCUT2D eigenvalue weighted by atomic mass is 15.3. The quantitative estimate of drug-likeness (QED) is 0.190. The normalized spacial score (nSPS) is 16.0. The van der Waals surface area contributed by atoms with E-state index < -0.39 is 0 Å². The summed E-state index contributed by atoms with van der Waals surface area (Å²) in [5, 5.41) is 12.5. The van der Waals surface area contributed by atoms with Gasteiger partial charge in [-0.25, -0.2) is 4.99 Å². The van der Waals surface area contributed by atoms with Crippen LogP contribution in [-0.2, 0) is 0 Å². The first-order valence-corrected chi connectivity index (χ1v) is 19.3. The second-order valence-electron chi connectivity index (χ2n) is 14.8. The molecule has 2 aliphatic heterocycles. The summed E-state index contributed by atoms with van der Waals surface area (Å²) in [6.07, 6.45) is -0.317. The lowest BCUT2D eigenvalue weighted by Crippen LogP contribution is -2.44. The number of fused-ring (bicyclic) bond motifs is 11. The lowest BCUT2D eigenvalue weighted by molar-refractivity contribution is 0.409. The number of rotatable bonds is 4. The molecule has 0 radical (unpaired) electrons. The number of hydrogen-bond donors (Lipinski definition) is 2. The van der Waals surface area contributed by atoms with Gasteiger partial charge < -0.3 is 14.5 Å². The minimum atomic E-state index is -0.229. The van der Waals surface area contributed by atoms with Gasteiger partial charge in [-0.3, -0.25) is 5.32 Å². The van der Waals surface area contributed by atoms with Crippen LogP contribution in [0.4, 0.5) is 0 Å². The minimum absolute atomic E-state index is 0.0880. The smallest absolute Gasteiger partial charge is 0.131 e. The maximum Gasteiger partial charge on any atom is 0.131 e. The first kappa shape index (κ1) is 31.2. The van der Waals surface area contributed by atoms with E-state index in [9.17, 15) is 0 Å². The van der Waals surface area contributed by atoms with Crippen molar-refractivity contribution >= 4 is 49.4 Å². The van der Waals surface area contributed by atoms with Gasteiger partial charge in [0.15, 0.2) is 0 Å². The van der Waals surface area contributed by atoms with Gasteiger partial charge in [-0.15, -0.1) is 0 Å². The molecule has 56 heavy (non-hydrogen) atoms. The van der Waals surface area contributed by atoms with Gasteiger partial charge in [0, 0.05) is 43.9 Å². The highest BCUT2D eigenvalue weighted by Crippen LogP contribution is 2.49. The maximum absolute atomic E-state index is 5.20. The van der Waals surface area contributed by atoms with Crippen molar-refractivity contribution in [3.05, 3.63) is 205 Å². The summed E-state index contributed by atoms with van der Waals surface area (Å²) in [6.45, 7) is 0. The second kappa shape index (κ2) is 12.2. The Hall–Kier alpha value is -7.21. The number of aliphatic imine (C=N–C) groups is 1. The predicted octanol–water partition coefficient (Wildman–Crippen LogP) is 11.9. The molecule has 0 saturated carbocycles. The van der Waals surface area contributed by atoms with E-state index in [4.69, 9.17) is 4.99 Å². The van der Waals surface area contributed by atoms with E-state index >= 15 is 0 Å². The SMILES string of the molecule is c1ccc(C2=NC(c3ccc(-n4c5ccccc5c5cc6c(cc54)-c4ccccc4-n4c5ccccc5c5cccc-6c54)cc3)NC(c3ccccc3)N2)cc1. The molecule has 12 rings (SSSR count). The van der Waals surface area contributed by atoms with E-state index in [0.29, 0.717) is 0 Å². The Morgan fingerprint density at radius 2 is 1.05 bits per heavy atom. The number of hydrogen-bond acceptors (Lipinski definition) is 3. The van der Waals surface area contributed by atoms with Crippen LogP contribution < -0.4 is 10.6 Å². The van der Waals surface area contributed by atoms with Crippen LogP contribution in [0, 0.1) is 0 Å². The van der Waals surface area contributed by atoms with Gasteiger partial charge in [0.25, 0.3) is 0 Å². The van der Waals surface area contributed by atoms with Crippen molar-refractivity contribution in [2.45, 2.75) is 12.3 Å². The van der Waals surface area contributed by atoms with Crippen LogP contribution in [0.1, 0.15) is 29.0 Å². The summed E-state index contributed by atoms with van der Waals surface area (Å²) < 4.78 is 4.91. The van der Waals surface area contributed by atoms with Gasteiger partial charge in [-0.05, 0) is 64.7 Å². The Kier molecular flexibility index (Phi) is 6.76. The molecule has 2 unspecified atom stereocenters. The third-order valence-corrected chi connectivity index (χ3v) is 11.7. The Morgan fingerprint density at radius 1 is 0.429 bits per heavy atom. The van der Waals surface area contributed by atoms with E-state index in [2.05, 4.69) is 202 Å². The lowest BCUT2D eigenvalue weighted by Gasteiger charge is -2.32. The highest BCUT2D eigenvalue weighted by molar-refractivity contribution is 6.19. The number of benzene rings is 8. The molecule has 2 N–H and O–H groups in total. The summed E-state index contributed by atoms with van der Waals surface area (Å²) in [4.78, 5) is 5.20.